The monoisotopic (exact) mass is 563 g/mol. The molecule has 0 bridgehead atoms. The molecular weight excluding hydrogens is 546 g/mol. The van der Waals surface area contributed by atoms with Crippen LogP contribution < -0.4 is 19.2 Å². The Balaban J connectivity index is 1.56. The zero-order valence-corrected chi connectivity index (χ0v) is 21.0. The van der Waals surface area contributed by atoms with Crippen LogP contribution in [0.4, 0.5) is 5.69 Å². The van der Waals surface area contributed by atoms with E-state index < -0.39 is 22.5 Å². The molecule has 0 unspecified atom stereocenters. The normalized spacial score (nSPS) is 12.7. The molecule has 3 aromatic carbocycles. The number of para-hydroxylation sites is 1. The molecule has 11 heteroatoms. The van der Waals surface area contributed by atoms with E-state index in [2.05, 4.69) is 26.5 Å². The molecule has 34 heavy (non-hydrogen) atoms. The van der Waals surface area contributed by atoms with Gasteiger partial charge in [0.1, 0.15) is 6.54 Å². The van der Waals surface area contributed by atoms with Crippen molar-refractivity contribution in [2.24, 2.45) is 5.10 Å². The van der Waals surface area contributed by atoms with Crippen LogP contribution in [0.25, 0.3) is 0 Å². The minimum atomic E-state index is -4.08. The van der Waals surface area contributed by atoms with E-state index >= 15 is 0 Å². The molecule has 1 N–H and O–H groups in total. The second kappa shape index (κ2) is 10.0. The summed E-state index contributed by atoms with van der Waals surface area (Å²) in [4.78, 5) is 12.7. The minimum Gasteiger partial charge on any atom is -0.454 e. The van der Waals surface area contributed by atoms with Crippen LogP contribution in [0.3, 0.4) is 0 Å². The van der Waals surface area contributed by atoms with Gasteiger partial charge in [-0.2, -0.15) is 5.10 Å². The maximum absolute atomic E-state index is 13.4. The Hall–Kier alpha value is -3.08. The third-order valence-electron chi connectivity index (χ3n) is 4.90. The van der Waals surface area contributed by atoms with Gasteiger partial charge in [0.25, 0.3) is 15.9 Å². The van der Waals surface area contributed by atoms with Gasteiger partial charge in [0.05, 0.1) is 21.8 Å². The van der Waals surface area contributed by atoms with Gasteiger partial charge >= 0.3 is 0 Å². The van der Waals surface area contributed by atoms with Gasteiger partial charge in [-0.1, -0.05) is 41.4 Å². The first-order valence-electron chi connectivity index (χ1n) is 10.0. The number of carbonyl (C=O) groups excluding carboxylic acids is 1. The van der Waals surface area contributed by atoms with Crippen LogP contribution in [0.2, 0.25) is 5.02 Å². The number of aryl methyl sites for hydroxylation is 1. The lowest BCUT2D eigenvalue weighted by Crippen LogP contribution is -2.39. The second-order valence-electron chi connectivity index (χ2n) is 7.30. The van der Waals surface area contributed by atoms with E-state index in [-0.39, 0.29) is 22.4 Å². The van der Waals surface area contributed by atoms with Crippen molar-refractivity contribution in [3.63, 3.8) is 0 Å². The highest BCUT2D eigenvalue weighted by Gasteiger charge is 2.28. The van der Waals surface area contributed by atoms with E-state index in [4.69, 9.17) is 21.1 Å². The highest BCUT2D eigenvalue weighted by molar-refractivity contribution is 9.10. The van der Waals surface area contributed by atoms with Gasteiger partial charge in [-0.3, -0.25) is 9.10 Å². The number of halogens is 2. The molecule has 3 aromatic rings. The van der Waals surface area contributed by atoms with Gasteiger partial charge in [0.2, 0.25) is 6.79 Å². The maximum Gasteiger partial charge on any atom is 0.264 e. The summed E-state index contributed by atoms with van der Waals surface area (Å²) < 4.78 is 39.1. The van der Waals surface area contributed by atoms with E-state index in [0.717, 1.165) is 9.87 Å². The molecule has 0 spiro atoms. The van der Waals surface area contributed by atoms with E-state index in [0.29, 0.717) is 21.5 Å². The highest BCUT2D eigenvalue weighted by atomic mass is 79.9. The molecule has 0 fully saturated rings. The Bertz CT molecular complexity index is 1360. The van der Waals surface area contributed by atoms with Crippen molar-refractivity contribution in [3.05, 3.63) is 81.3 Å². The standard InChI is InChI=1S/C23H19BrClN3O5S/c1-15-6-8-17(9-7-15)34(30,31)28(20-5-3-2-4-19(20)25)13-23(29)27-26-12-16-10-21-22(11-18(16)24)33-14-32-21/h2-12H,13-14H2,1H3,(H,27,29)/b26-12-. The number of ether oxygens (including phenoxy) is 2. The van der Waals surface area contributed by atoms with Crippen LogP contribution in [0.5, 0.6) is 11.5 Å². The summed E-state index contributed by atoms with van der Waals surface area (Å²) in [7, 11) is -4.08. The third-order valence-corrected chi connectivity index (χ3v) is 7.68. The number of nitrogens with zero attached hydrogens (tertiary/aromatic N) is 2. The molecule has 0 radical (unpaired) electrons. The van der Waals surface area contributed by atoms with Gasteiger partial charge < -0.3 is 9.47 Å². The first kappa shape index (κ1) is 24.1. The Morgan fingerprint density at radius 1 is 1.15 bits per heavy atom. The number of hydrogen-bond acceptors (Lipinski definition) is 6. The van der Waals surface area contributed by atoms with Crippen molar-refractivity contribution in [1.29, 1.82) is 0 Å². The molecule has 1 heterocycles. The number of sulfonamides is 1. The van der Waals surface area contributed by atoms with Crippen LogP contribution >= 0.6 is 27.5 Å². The largest absolute Gasteiger partial charge is 0.454 e. The number of hydrazone groups is 1. The van der Waals surface area contributed by atoms with E-state index in [1.165, 1.54) is 24.4 Å². The van der Waals surface area contributed by atoms with Gasteiger partial charge in [0.15, 0.2) is 11.5 Å². The molecule has 4 rings (SSSR count). The first-order chi connectivity index (χ1) is 16.3. The average molecular weight is 565 g/mol. The molecular formula is C23H19BrClN3O5S. The van der Waals surface area contributed by atoms with Crippen molar-refractivity contribution in [2.45, 2.75) is 11.8 Å². The fourth-order valence-corrected chi connectivity index (χ4v) is 5.32. The fourth-order valence-electron chi connectivity index (χ4n) is 3.16. The predicted molar refractivity (Wildman–Crippen MR) is 133 cm³/mol. The smallest absolute Gasteiger partial charge is 0.264 e. The number of anilines is 1. The summed E-state index contributed by atoms with van der Waals surface area (Å²) >= 11 is 9.69. The minimum absolute atomic E-state index is 0.0404. The Morgan fingerprint density at radius 2 is 1.82 bits per heavy atom. The predicted octanol–water partition coefficient (Wildman–Crippen LogP) is 4.49. The van der Waals surface area contributed by atoms with E-state index in [9.17, 15) is 13.2 Å². The molecule has 0 saturated carbocycles. The zero-order valence-electron chi connectivity index (χ0n) is 17.9. The molecule has 176 valence electrons. The van der Waals surface area contributed by atoms with Crippen molar-refractivity contribution in [2.75, 3.05) is 17.6 Å². The first-order valence-corrected chi connectivity index (χ1v) is 12.6. The van der Waals surface area contributed by atoms with Crippen molar-refractivity contribution < 1.29 is 22.7 Å². The zero-order chi connectivity index (χ0) is 24.3. The SMILES string of the molecule is Cc1ccc(S(=O)(=O)N(CC(=O)N/N=C\c2cc3c(cc2Br)OCO3)c2ccccc2Cl)cc1. The third kappa shape index (κ3) is 5.19. The molecule has 0 aliphatic carbocycles. The molecule has 0 atom stereocenters. The number of fused-ring (bicyclic) bond motifs is 1. The summed E-state index contributed by atoms with van der Waals surface area (Å²) in [5.74, 6) is 0.513. The van der Waals surface area contributed by atoms with Crippen molar-refractivity contribution in [3.8, 4) is 11.5 Å². The van der Waals surface area contributed by atoms with E-state index in [1.54, 1.807) is 42.5 Å². The van der Waals surface area contributed by atoms with Crippen molar-refractivity contribution in [1.82, 2.24) is 5.43 Å². The molecule has 1 aliphatic rings. The molecule has 1 aliphatic heterocycles. The number of benzene rings is 3. The number of rotatable bonds is 7. The Labute approximate surface area is 210 Å². The summed E-state index contributed by atoms with van der Waals surface area (Å²) in [5.41, 5.74) is 4.10. The average Bonchev–Trinajstić information content (AvgIpc) is 3.25. The van der Waals surface area contributed by atoms with Gasteiger partial charge in [-0.25, -0.2) is 13.8 Å². The van der Waals surface area contributed by atoms with Gasteiger partial charge in [0, 0.05) is 10.0 Å². The maximum atomic E-state index is 13.4. The lowest BCUT2D eigenvalue weighted by atomic mass is 10.2. The summed E-state index contributed by atoms with van der Waals surface area (Å²) in [6.07, 6.45) is 1.41. The summed E-state index contributed by atoms with van der Waals surface area (Å²) in [5, 5.41) is 4.15. The van der Waals surface area contributed by atoms with Gasteiger partial charge in [-0.15, -0.1) is 0 Å². The van der Waals surface area contributed by atoms with Crippen molar-refractivity contribution >= 4 is 55.4 Å². The van der Waals surface area contributed by atoms with Gasteiger partial charge in [-0.05, 0) is 59.3 Å². The number of carbonyl (C=O) groups is 1. The number of hydrogen-bond donors (Lipinski definition) is 1. The topological polar surface area (TPSA) is 97.3 Å². The van der Waals surface area contributed by atoms with Crippen LogP contribution in [0.15, 0.2) is 75.1 Å². The molecule has 0 saturated heterocycles. The lowest BCUT2D eigenvalue weighted by Gasteiger charge is -2.24. The quantitative estimate of drug-likeness (QED) is 0.337. The van der Waals surface area contributed by atoms with Crippen LogP contribution in [-0.4, -0.2) is 33.9 Å². The number of amides is 1. The Morgan fingerprint density at radius 3 is 2.53 bits per heavy atom. The van der Waals surface area contributed by atoms with Crippen LogP contribution in [0, 0.1) is 6.92 Å². The van der Waals surface area contributed by atoms with Crippen LogP contribution in [-0.2, 0) is 14.8 Å². The summed E-state index contributed by atoms with van der Waals surface area (Å²) in [6.45, 7) is 1.46. The molecule has 1 amide bonds. The molecule has 8 nitrogen and oxygen atoms in total. The fraction of sp³-hybridized carbons (Fsp3) is 0.130. The summed E-state index contributed by atoms with van der Waals surface area (Å²) in [6, 6.07) is 16.2. The lowest BCUT2D eigenvalue weighted by molar-refractivity contribution is -0.119. The van der Waals surface area contributed by atoms with Crippen LogP contribution in [0.1, 0.15) is 11.1 Å². The highest BCUT2D eigenvalue weighted by Crippen LogP contribution is 2.36. The van der Waals surface area contributed by atoms with E-state index in [1.807, 2.05) is 6.92 Å². The second-order valence-corrected chi connectivity index (χ2v) is 10.4. The Kier molecular flexibility index (Phi) is 7.11. The molecule has 0 aromatic heterocycles. The number of nitrogens with one attached hydrogen (secondary N) is 1.